The Kier molecular flexibility index (Phi) is 3.69. The van der Waals surface area contributed by atoms with Crippen LogP contribution in [0.25, 0.3) is 6.08 Å². The molecule has 2 rings (SSSR count). The van der Waals surface area contributed by atoms with Crippen LogP contribution < -0.4 is 4.74 Å². The van der Waals surface area contributed by atoms with E-state index in [9.17, 15) is 18.0 Å². The minimum atomic E-state index is -4.80. The normalized spacial score (nSPS) is 18.4. The van der Waals surface area contributed by atoms with Gasteiger partial charge in [-0.25, -0.2) is 4.79 Å². The van der Waals surface area contributed by atoms with Crippen LogP contribution in [0.1, 0.15) is 5.56 Å². The Bertz CT molecular complexity index is 583. The maximum absolute atomic E-state index is 12.8. The average Bonchev–Trinajstić information content (AvgIpc) is 2.31. The molecule has 0 saturated heterocycles. The lowest BCUT2D eigenvalue weighted by Crippen LogP contribution is -2.40. The zero-order valence-corrected chi connectivity index (χ0v) is 11.9. The molecule has 0 amide bonds. The van der Waals surface area contributed by atoms with Crippen LogP contribution in [0.15, 0.2) is 17.7 Å². The molecule has 8 heteroatoms. The summed E-state index contributed by atoms with van der Waals surface area (Å²) in [6.45, 7) is 0. The maximum Gasteiger partial charge on any atom is 0.430 e. The molecule has 0 bridgehead atoms. The van der Waals surface area contributed by atoms with Crippen LogP contribution in [0, 0.1) is 3.57 Å². The smallest absolute Gasteiger partial charge is 0.430 e. The van der Waals surface area contributed by atoms with E-state index in [1.165, 1.54) is 12.1 Å². The summed E-state index contributed by atoms with van der Waals surface area (Å²) < 4.78 is 43.5. The molecule has 1 aliphatic heterocycles. The molecule has 0 aliphatic carbocycles. The highest BCUT2D eigenvalue weighted by Gasteiger charge is 2.48. The number of fused-ring (bicyclic) bond motifs is 1. The second-order valence-electron chi connectivity index (χ2n) is 3.72. The average molecular weight is 405 g/mol. The molecule has 1 unspecified atom stereocenters. The Balaban J connectivity index is 2.61. The highest BCUT2D eigenvalue weighted by Crippen LogP contribution is 2.40. The number of carbonyl (C=O) groups is 1. The van der Waals surface area contributed by atoms with Gasteiger partial charge in [0.25, 0.3) is 0 Å². The van der Waals surface area contributed by atoms with Gasteiger partial charge in [-0.1, -0.05) is 11.6 Å². The van der Waals surface area contributed by atoms with Crippen LogP contribution in [0.3, 0.4) is 0 Å². The van der Waals surface area contributed by atoms with Crippen molar-refractivity contribution in [3.8, 4) is 5.75 Å². The Labute approximate surface area is 124 Å². The van der Waals surface area contributed by atoms with E-state index < -0.39 is 23.8 Å². The third-order valence-electron chi connectivity index (χ3n) is 2.46. The number of benzene rings is 1. The van der Waals surface area contributed by atoms with Crippen LogP contribution >= 0.6 is 34.2 Å². The number of halogens is 5. The Hall–Kier alpha value is -0.960. The molecule has 1 atom stereocenters. The van der Waals surface area contributed by atoms with E-state index >= 15 is 0 Å². The van der Waals surface area contributed by atoms with Gasteiger partial charge < -0.3 is 9.84 Å². The molecule has 3 nitrogen and oxygen atoms in total. The highest BCUT2D eigenvalue weighted by molar-refractivity contribution is 14.1. The van der Waals surface area contributed by atoms with Gasteiger partial charge in [-0.3, -0.25) is 0 Å². The highest BCUT2D eigenvalue weighted by atomic mass is 127. The van der Waals surface area contributed by atoms with Gasteiger partial charge in [0.05, 0.1) is 10.6 Å². The van der Waals surface area contributed by atoms with Gasteiger partial charge in [0.1, 0.15) is 5.75 Å². The molecular weight excluding hydrogens is 399 g/mol. The zero-order chi connectivity index (χ0) is 14.4. The van der Waals surface area contributed by atoms with Gasteiger partial charge in [0, 0.05) is 9.13 Å². The largest absolute Gasteiger partial charge is 0.478 e. The zero-order valence-electron chi connectivity index (χ0n) is 8.96. The second kappa shape index (κ2) is 4.86. The van der Waals surface area contributed by atoms with Crippen molar-refractivity contribution in [1.29, 1.82) is 0 Å². The van der Waals surface area contributed by atoms with Gasteiger partial charge in [0.2, 0.25) is 6.10 Å². The number of carboxylic acid groups (broad SMARTS) is 1. The van der Waals surface area contributed by atoms with Crippen LogP contribution in [-0.4, -0.2) is 23.4 Å². The van der Waals surface area contributed by atoms with Crippen LogP contribution in [0.5, 0.6) is 5.75 Å². The predicted molar refractivity (Wildman–Crippen MR) is 70.3 cm³/mol. The summed E-state index contributed by atoms with van der Waals surface area (Å²) in [5.74, 6) is -1.72. The van der Waals surface area contributed by atoms with E-state index in [1.807, 2.05) is 22.6 Å². The lowest BCUT2D eigenvalue weighted by atomic mass is 10.0. The molecule has 0 aromatic heterocycles. The lowest BCUT2D eigenvalue weighted by molar-refractivity contribution is -0.187. The van der Waals surface area contributed by atoms with Crippen molar-refractivity contribution in [2.75, 3.05) is 0 Å². The second-order valence-corrected chi connectivity index (χ2v) is 5.20. The number of carboxylic acids is 1. The van der Waals surface area contributed by atoms with Gasteiger partial charge in [-0.2, -0.15) is 13.2 Å². The van der Waals surface area contributed by atoms with Gasteiger partial charge in [0.15, 0.2) is 0 Å². The first-order valence-electron chi connectivity index (χ1n) is 4.88. The standard InChI is InChI=1S/C11H5ClF3IO3/c12-6-1-2-7-4(8(6)16)3-5(10(17)18)9(19-7)11(13,14)15/h1-3,9H,(H,17,18). The molecule has 1 aliphatic rings. The van der Waals surface area contributed by atoms with Crippen LogP contribution in [0.2, 0.25) is 5.02 Å². The molecule has 0 spiro atoms. The van der Waals surface area contributed by atoms with E-state index in [0.717, 1.165) is 6.08 Å². The van der Waals surface area contributed by atoms with Crippen molar-refractivity contribution in [3.63, 3.8) is 0 Å². The third kappa shape index (κ3) is 2.66. The fourth-order valence-electron chi connectivity index (χ4n) is 1.62. The minimum Gasteiger partial charge on any atom is -0.478 e. The molecule has 1 N–H and O–H groups in total. The first-order valence-corrected chi connectivity index (χ1v) is 6.33. The molecule has 19 heavy (non-hydrogen) atoms. The number of rotatable bonds is 1. The fourth-order valence-corrected chi connectivity index (χ4v) is 2.39. The maximum atomic E-state index is 12.8. The monoisotopic (exact) mass is 404 g/mol. The van der Waals surface area contributed by atoms with E-state index in [0.29, 0.717) is 8.59 Å². The Morgan fingerprint density at radius 1 is 1.42 bits per heavy atom. The molecular formula is C11H5ClF3IO3. The van der Waals surface area contributed by atoms with E-state index in [2.05, 4.69) is 0 Å². The summed E-state index contributed by atoms with van der Waals surface area (Å²) in [5, 5.41) is 9.19. The SMILES string of the molecule is O=C(O)C1=Cc2c(ccc(Cl)c2I)OC1C(F)(F)F. The predicted octanol–water partition coefficient (Wildman–Crippen LogP) is 3.74. The molecule has 0 fully saturated rings. The first-order chi connectivity index (χ1) is 8.71. The number of aliphatic carboxylic acids is 1. The summed E-state index contributed by atoms with van der Waals surface area (Å²) in [5.41, 5.74) is -0.619. The Morgan fingerprint density at radius 3 is 2.58 bits per heavy atom. The van der Waals surface area contributed by atoms with Gasteiger partial charge >= 0.3 is 12.1 Å². The number of hydrogen-bond donors (Lipinski definition) is 1. The fraction of sp³-hybridized carbons (Fsp3) is 0.182. The summed E-state index contributed by atoms with van der Waals surface area (Å²) in [7, 11) is 0. The first kappa shape index (κ1) is 14.4. The van der Waals surface area contributed by atoms with E-state index in [-0.39, 0.29) is 11.3 Å². The quantitative estimate of drug-likeness (QED) is 0.726. The van der Waals surface area contributed by atoms with Gasteiger partial charge in [-0.15, -0.1) is 0 Å². The molecule has 0 saturated carbocycles. The van der Waals surface area contributed by atoms with Crippen molar-refractivity contribution in [1.82, 2.24) is 0 Å². The summed E-state index contributed by atoms with van der Waals surface area (Å²) >= 11 is 7.66. The number of alkyl halides is 3. The van der Waals surface area contributed by atoms with Crippen molar-refractivity contribution in [3.05, 3.63) is 31.9 Å². The van der Waals surface area contributed by atoms with Crippen molar-refractivity contribution in [2.45, 2.75) is 12.3 Å². The van der Waals surface area contributed by atoms with Crippen molar-refractivity contribution < 1.29 is 27.8 Å². The molecule has 1 aromatic carbocycles. The molecule has 102 valence electrons. The molecule has 0 radical (unpaired) electrons. The Morgan fingerprint density at radius 2 is 2.05 bits per heavy atom. The lowest BCUT2D eigenvalue weighted by Gasteiger charge is -2.27. The minimum absolute atomic E-state index is 0.0406. The van der Waals surface area contributed by atoms with Crippen molar-refractivity contribution in [2.24, 2.45) is 0 Å². The van der Waals surface area contributed by atoms with Crippen LogP contribution in [0.4, 0.5) is 13.2 Å². The molecule has 1 heterocycles. The van der Waals surface area contributed by atoms with E-state index in [4.69, 9.17) is 21.4 Å². The number of ether oxygens (including phenoxy) is 1. The topological polar surface area (TPSA) is 46.5 Å². The summed E-state index contributed by atoms with van der Waals surface area (Å²) in [6, 6.07) is 2.68. The van der Waals surface area contributed by atoms with Crippen molar-refractivity contribution >= 4 is 46.2 Å². The number of hydrogen-bond acceptors (Lipinski definition) is 2. The molecule has 1 aromatic rings. The van der Waals surface area contributed by atoms with Gasteiger partial charge in [-0.05, 0) is 40.8 Å². The van der Waals surface area contributed by atoms with Crippen LogP contribution in [-0.2, 0) is 4.79 Å². The summed E-state index contributed by atoms with van der Waals surface area (Å²) in [6.07, 6.45) is -6.32. The van der Waals surface area contributed by atoms with E-state index in [1.54, 1.807) is 0 Å². The summed E-state index contributed by atoms with van der Waals surface area (Å²) in [4.78, 5) is 10.9. The third-order valence-corrected chi connectivity index (χ3v) is 4.26.